The first-order chi connectivity index (χ1) is 11.9. The average molecular weight is 375 g/mol. The summed E-state index contributed by atoms with van der Waals surface area (Å²) in [5, 5.41) is 23.7. The van der Waals surface area contributed by atoms with E-state index in [1.54, 1.807) is 0 Å². The van der Waals surface area contributed by atoms with Crippen LogP contribution in [-0.2, 0) is 28.8 Å². The number of carboxylic acids is 2. The highest BCUT2D eigenvalue weighted by molar-refractivity contribution is 5.93. The second kappa shape index (κ2) is 10.6. The lowest BCUT2D eigenvalue weighted by Crippen LogP contribution is -2.53. The summed E-state index contributed by atoms with van der Waals surface area (Å²) in [5.41, 5.74) is 10.2. The van der Waals surface area contributed by atoms with Crippen molar-refractivity contribution in [1.29, 1.82) is 0 Å². The van der Waals surface area contributed by atoms with E-state index >= 15 is 0 Å². The van der Waals surface area contributed by atoms with E-state index < -0.39 is 73.1 Å². The highest BCUT2D eigenvalue weighted by Crippen LogP contribution is 1.94. The maximum absolute atomic E-state index is 11.8. The average Bonchev–Trinajstić information content (AvgIpc) is 2.50. The first kappa shape index (κ1) is 22.8. The first-order valence-corrected chi connectivity index (χ1v) is 7.30. The zero-order valence-electron chi connectivity index (χ0n) is 13.9. The fraction of sp³-hybridized carbons (Fsp3) is 0.538. The van der Waals surface area contributed by atoms with Crippen molar-refractivity contribution in [2.24, 2.45) is 11.5 Å². The Morgan fingerprint density at radius 2 is 1.54 bits per heavy atom. The van der Waals surface area contributed by atoms with Crippen LogP contribution in [0, 0.1) is 0 Å². The molecule has 0 spiro atoms. The van der Waals surface area contributed by atoms with Crippen molar-refractivity contribution in [3.8, 4) is 0 Å². The maximum atomic E-state index is 11.8. The minimum absolute atomic E-state index is 0.576. The molecule has 0 bridgehead atoms. The van der Waals surface area contributed by atoms with Gasteiger partial charge in [-0.25, -0.2) is 4.79 Å². The summed E-state index contributed by atoms with van der Waals surface area (Å²) in [6.07, 6.45) is -1.25. The fourth-order valence-corrected chi connectivity index (χ4v) is 1.64. The third kappa shape index (κ3) is 9.17. The van der Waals surface area contributed by atoms with Crippen LogP contribution in [0.4, 0.5) is 0 Å². The number of primary amides is 1. The third-order valence-electron chi connectivity index (χ3n) is 2.95. The number of carbonyl (C=O) groups excluding carboxylic acids is 4. The second-order valence-corrected chi connectivity index (χ2v) is 5.28. The van der Waals surface area contributed by atoms with Crippen LogP contribution in [0.5, 0.6) is 0 Å². The molecular formula is C13H21N5O8. The molecule has 9 N–H and O–H groups in total. The normalized spacial score (nSPS) is 13.6. The molecule has 146 valence electrons. The summed E-state index contributed by atoms with van der Waals surface area (Å²) in [6.45, 7) is 0.668. The molecule has 0 aliphatic heterocycles. The Balaban J connectivity index is 4.45. The van der Waals surface area contributed by atoms with E-state index in [4.69, 9.17) is 21.7 Å². The molecule has 0 saturated carbocycles. The monoisotopic (exact) mass is 375 g/mol. The van der Waals surface area contributed by atoms with E-state index in [0.717, 1.165) is 0 Å². The van der Waals surface area contributed by atoms with Crippen LogP contribution < -0.4 is 27.4 Å². The molecule has 3 unspecified atom stereocenters. The number of nitrogens with two attached hydrogens (primary N) is 2. The van der Waals surface area contributed by atoms with Gasteiger partial charge < -0.3 is 37.6 Å². The molecular weight excluding hydrogens is 354 g/mol. The Morgan fingerprint density at radius 1 is 0.962 bits per heavy atom. The minimum atomic E-state index is -1.55. The van der Waals surface area contributed by atoms with Gasteiger partial charge in [0.1, 0.15) is 12.1 Å². The van der Waals surface area contributed by atoms with Crippen LogP contribution in [0.25, 0.3) is 0 Å². The summed E-state index contributed by atoms with van der Waals surface area (Å²) in [6, 6.07) is -4.07. The largest absolute Gasteiger partial charge is 0.481 e. The molecule has 0 aromatic carbocycles. The minimum Gasteiger partial charge on any atom is -0.481 e. The van der Waals surface area contributed by atoms with E-state index in [1.807, 2.05) is 5.32 Å². The maximum Gasteiger partial charge on any atom is 0.326 e. The number of hydrogen-bond acceptors (Lipinski definition) is 7. The third-order valence-corrected chi connectivity index (χ3v) is 2.95. The van der Waals surface area contributed by atoms with E-state index in [1.165, 1.54) is 6.92 Å². The lowest BCUT2D eigenvalue weighted by atomic mass is 10.2. The van der Waals surface area contributed by atoms with Gasteiger partial charge in [-0.15, -0.1) is 0 Å². The van der Waals surface area contributed by atoms with Gasteiger partial charge in [-0.2, -0.15) is 0 Å². The number of rotatable bonds is 11. The van der Waals surface area contributed by atoms with Crippen molar-refractivity contribution in [3.63, 3.8) is 0 Å². The molecule has 26 heavy (non-hydrogen) atoms. The molecule has 13 heteroatoms. The molecule has 0 aromatic heterocycles. The van der Waals surface area contributed by atoms with Crippen LogP contribution in [0.2, 0.25) is 0 Å². The van der Waals surface area contributed by atoms with Gasteiger partial charge in [0.15, 0.2) is 0 Å². The van der Waals surface area contributed by atoms with E-state index in [9.17, 15) is 28.8 Å². The molecule has 0 rings (SSSR count). The molecule has 0 aromatic rings. The number of nitrogens with one attached hydrogen (secondary N) is 3. The zero-order chi connectivity index (χ0) is 20.4. The summed E-state index contributed by atoms with van der Waals surface area (Å²) in [7, 11) is 0. The van der Waals surface area contributed by atoms with Crippen LogP contribution in [0.1, 0.15) is 19.8 Å². The number of aliphatic carboxylic acids is 2. The Morgan fingerprint density at radius 3 is 2.00 bits per heavy atom. The van der Waals surface area contributed by atoms with Crippen LogP contribution in [0.15, 0.2) is 0 Å². The molecule has 0 aliphatic rings. The lowest BCUT2D eigenvalue weighted by molar-refractivity contribution is -0.143. The van der Waals surface area contributed by atoms with Gasteiger partial charge in [0, 0.05) is 0 Å². The van der Waals surface area contributed by atoms with Crippen LogP contribution >= 0.6 is 0 Å². The molecule has 0 aliphatic carbocycles. The highest BCUT2D eigenvalue weighted by atomic mass is 16.4. The summed E-state index contributed by atoms with van der Waals surface area (Å²) in [5.74, 6) is -6.25. The van der Waals surface area contributed by atoms with Crippen LogP contribution in [-0.4, -0.2) is 70.5 Å². The fourth-order valence-electron chi connectivity index (χ4n) is 1.64. The van der Waals surface area contributed by atoms with E-state index in [2.05, 4.69) is 10.6 Å². The van der Waals surface area contributed by atoms with Crippen molar-refractivity contribution in [2.75, 3.05) is 6.54 Å². The van der Waals surface area contributed by atoms with Gasteiger partial charge in [0.25, 0.3) is 0 Å². The molecule has 0 saturated heterocycles. The summed E-state index contributed by atoms with van der Waals surface area (Å²) < 4.78 is 0. The Labute approximate surface area is 147 Å². The quantitative estimate of drug-likeness (QED) is 0.185. The first-order valence-electron chi connectivity index (χ1n) is 7.30. The van der Waals surface area contributed by atoms with Crippen molar-refractivity contribution in [3.05, 3.63) is 0 Å². The van der Waals surface area contributed by atoms with Gasteiger partial charge in [-0.05, 0) is 6.92 Å². The van der Waals surface area contributed by atoms with Gasteiger partial charge >= 0.3 is 11.9 Å². The second-order valence-electron chi connectivity index (χ2n) is 5.28. The molecule has 3 atom stereocenters. The van der Waals surface area contributed by atoms with Gasteiger partial charge in [-0.3, -0.25) is 24.0 Å². The van der Waals surface area contributed by atoms with Crippen LogP contribution in [0.3, 0.4) is 0 Å². The number of carbonyl (C=O) groups is 6. The molecule has 0 heterocycles. The van der Waals surface area contributed by atoms with Gasteiger partial charge in [0.2, 0.25) is 23.6 Å². The van der Waals surface area contributed by atoms with E-state index in [0.29, 0.717) is 0 Å². The standard InChI is InChI=1S/C13H21N5O8/c1-5(11(23)18-7(13(25)26)3-8(15)19)17-9(20)4-16-12(24)6(14)2-10(21)22/h5-7H,2-4,14H2,1H3,(H2,15,19)(H,16,24)(H,17,20)(H,18,23)(H,21,22)(H,25,26). The zero-order valence-corrected chi connectivity index (χ0v) is 13.9. The Bertz CT molecular complexity index is 593. The topological polar surface area (TPSA) is 231 Å². The number of carboxylic acid groups (broad SMARTS) is 2. The number of hydrogen-bond donors (Lipinski definition) is 7. The predicted octanol–water partition coefficient (Wildman–Crippen LogP) is -4.15. The summed E-state index contributed by atoms with van der Waals surface area (Å²) >= 11 is 0. The molecule has 0 radical (unpaired) electrons. The highest BCUT2D eigenvalue weighted by Gasteiger charge is 2.25. The van der Waals surface area contributed by atoms with E-state index in [-0.39, 0.29) is 0 Å². The van der Waals surface area contributed by atoms with Crippen molar-refractivity contribution >= 4 is 35.6 Å². The molecule has 13 nitrogen and oxygen atoms in total. The predicted molar refractivity (Wildman–Crippen MR) is 84.2 cm³/mol. The smallest absolute Gasteiger partial charge is 0.326 e. The van der Waals surface area contributed by atoms with Crippen molar-refractivity contribution in [1.82, 2.24) is 16.0 Å². The molecule has 0 fully saturated rings. The Hall–Kier alpha value is -3.22. The van der Waals surface area contributed by atoms with Gasteiger partial charge in [-0.1, -0.05) is 0 Å². The Kier molecular flexibility index (Phi) is 9.29. The lowest BCUT2D eigenvalue weighted by Gasteiger charge is -2.18. The van der Waals surface area contributed by atoms with Crippen molar-refractivity contribution < 1.29 is 39.0 Å². The summed E-state index contributed by atoms with van der Waals surface area (Å²) in [4.78, 5) is 67.0. The number of amides is 4. The SMILES string of the molecule is CC(NC(=O)CNC(=O)C(N)CC(=O)O)C(=O)NC(CC(N)=O)C(=O)O. The molecule has 4 amide bonds. The van der Waals surface area contributed by atoms with Gasteiger partial charge in [0.05, 0.1) is 25.4 Å². The van der Waals surface area contributed by atoms with Crippen molar-refractivity contribution in [2.45, 2.75) is 37.9 Å².